The summed E-state index contributed by atoms with van der Waals surface area (Å²) in [4.78, 5) is 19.7. The average Bonchev–Trinajstić information content (AvgIpc) is 2.72. The number of rotatable bonds is 11. The summed E-state index contributed by atoms with van der Waals surface area (Å²) < 4.78 is 0. The van der Waals surface area contributed by atoms with Gasteiger partial charge in [-0.3, -0.25) is 9.79 Å². The fourth-order valence-corrected chi connectivity index (χ4v) is 4.37. The van der Waals surface area contributed by atoms with Gasteiger partial charge < -0.3 is 21.3 Å². The molecule has 1 unspecified atom stereocenters. The Kier molecular flexibility index (Phi) is 14.2. The van der Waals surface area contributed by atoms with Crippen molar-refractivity contribution in [2.24, 2.45) is 16.6 Å². The predicted octanol–water partition coefficient (Wildman–Crippen LogP) is 3.32. The normalized spacial score (nSPS) is 16.5. The lowest BCUT2D eigenvalue weighted by Crippen LogP contribution is -2.40. The lowest BCUT2D eigenvalue weighted by Gasteiger charge is -2.30. The zero-order chi connectivity index (χ0) is 20.9. The first-order chi connectivity index (χ1) is 14.1. The highest BCUT2D eigenvalue weighted by Gasteiger charge is 2.22. The summed E-state index contributed by atoms with van der Waals surface area (Å²) >= 11 is 1.86. The molecular weight excluding hydrogens is 509 g/mol. The molecule has 0 aliphatic carbocycles. The van der Waals surface area contributed by atoms with Crippen LogP contribution in [0.5, 0.6) is 0 Å². The molecule has 0 saturated carbocycles. The van der Waals surface area contributed by atoms with Gasteiger partial charge in [0.1, 0.15) is 0 Å². The SMILES string of the molecule is CCNC(=NCC(C)Sc1ccccc1)NCCCCN1CCC(C(N)=O)CC1.I. The number of benzene rings is 1. The Labute approximate surface area is 203 Å². The molecule has 1 aliphatic rings. The topological polar surface area (TPSA) is 82.8 Å². The van der Waals surface area contributed by atoms with Crippen LogP contribution in [-0.2, 0) is 4.79 Å². The van der Waals surface area contributed by atoms with Crippen molar-refractivity contribution < 1.29 is 4.79 Å². The molecule has 2 rings (SSSR count). The van der Waals surface area contributed by atoms with Crippen molar-refractivity contribution in [1.29, 1.82) is 0 Å². The number of amides is 1. The second-order valence-corrected chi connectivity index (χ2v) is 9.13. The van der Waals surface area contributed by atoms with Gasteiger partial charge in [0, 0.05) is 29.2 Å². The zero-order valence-corrected chi connectivity index (χ0v) is 21.5. The van der Waals surface area contributed by atoms with Crippen LogP contribution in [-0.4, -0.2) is 61.3 Å². The van der Waals surface area contributed by atoms with Crippen molar-refractivity contribution in [2.75, 3.05) is 39.3 Å². The van der Waals surface area contributed by atoms with E-state index in [4.69, 9.17) is 10.7 Å². The minimum atomic E-state index is -0.138. The predicted molar refractivity (Wildman–Crippen MR) is 139 cm³/mol. The maximum absolute atomic E-state index is 11.2. The molecule has 1 amide bonds. The smallest absolute Gasteiger partial charge is 0.220 e. The number of carbonyl (C=O) groups excluding carboxylic acids is 1. The summed E-state index contributed by atoms with van der Waals surface area (Å²) in [5.41, 5.74) is 5.40. The van der Waals surface area contributed by atoms with Gasteiger partial charge >= 0.3 is 0 Å². The lowest BCUT2D eigenvalue weighted by molar-refractivity contribution is -0.123. The Morgan fingerprint density at radius 2 is 1.93 bits per heavy atom. The molecule has 0 spiro atoms. The molecule has 1 fully saturated rings. The highest BCUT2D eigenvalue weighted by atomic mass is 127. The fraction of sp³-hybridized carbons (Fsp3) is 0.636. The van der Waals surface area contributed by atoms with Crippen molar-refractivity contribution in [2.45, 2.75) is 49.7 Å². The van der Waals surface area contributed by atoms with Gasteiger partial charge in [-0.25, -0.2) is 0 Å². The van der Waals surface area contributed by atoms with E-state index in [2.05, 4.69) is 53.6 Å². The molecule has 1 atom stereocenters. The molecule has 170 valence electrons. The van der Waals surface area contributed by atoms with Crippen LogP contribution in [0, 0.1) is 5.92 Å². The first-order valence-electron chi connectivity index (χ1n) is 10.8. The van der Waals surface area contributed by atoms with E-state index in [0.717, 1.165) is 70.9 Å². The third kappa shape index (κ3) is 10.9. The highest BCUT2D eigenvalue weighted by molar-refractivity contribution is 14.0. The van der Waals surface area contributed by atoms with Crippen molar-refractivity contribution in [3.63, 3.8) is 0 Å². The summed E-state index contributed by atoms with van der Waals surface area (Å²) in [6.45, 7) is 9.94. The second-order valence-electron chi connectivity index (χ2n) is 7.61. The summed E-state index contributed by atoms with van der Waals surface area (Å²) in [6, 6.07) is 10.5. The minimum Gasteiger partial charge on any atom is -0.369 e. The minimum absolute atomic E-state index is 0. The molecular formula is C22H38IN5OS. The van der Waals surface area contributed by atoms with E-state index >= 15 is 0 Å². The van der Waals surface area contributed by atoms with Crippen molar-refractivity contribution in [3.8, 4) is 0 Å². The van der Waals surface area contributed by atoms with Crippen LogP contribution in [0.1, 0.15) is 39.5 Å². The third-order valence-corrected chi connectivity index (χ3v) is 6.21. The molecule has 30 heavy (non-hydrogen) atoms. The van der Waals surface area contributed by atoms with E-state index in [1.165, 1.54) is 4.90 Å². The molecule has 0 radical (unpaired) electrons. The van der Waals surface area contributed by atoms with Crippen LogP contribution in [0.3, 0.4) is 0 Å². The number of unbranched alkanes of at least 4 members (excludes halogenated alkanes) is 1. The summed E-state index contributed by atoms with van der Waals surface area (Å²) in [6.07, 6.45) is 4.07. The molecule has 4 N–H and O–H groups in total. The molecule has 0 bridgehead atoms. The Balaban J connectivity index is 0.00000450. The first-order valence-corrected chi connectivity index (χ1v) is 11.7. The van der Waals surface area contributed by atoms with Gasteiger partial charge in [0.15, 0.2) is 5.96 Å². The number of carbonyl (C=O) groups is 1. The second kappa shape index (κ2) is 15.8. The molecule has 0 aromatic heterocycles. The van der Waals surface area contributed by atoms with Gasteiger partial charge in [-0.1, -0.05) is 25.1 Å². The third-order valence-electron chi connectivity index (χ3n) is 5.11. The monoisotopic (exact) mass is 547 g/mol. The quantitative estimate of drug-likeness (QED) is 0.130. The average molecular weight is 548 g/mol. The van der Waals surface area contributed by atoms with E-state index in [1.807, 2.05) is 17.8 Å². The number of hydrogen-bond donors (Lipinski definition) is 3. The number of aliphatic imine (C=N–C) groups is 1. The Morgan fingerprint density at radius 1 is 1.23 bits per heavy atom. The van der Waals surface area contributed by atoms with Crippen molar-refractivity contribution in [3.05, 3.63) is 30.3 Å². The summed E-state index contributed by atoms with van der Waals surface area (Å²) in [5.74, 6) is 0.838. The van der Waals surface area contributed by atoms with Gasteiger partial charge in [-0.2, -0.15) is 0 Å². The van der Waals surface area contributed by atoms with Gasteiger partial charge in [-0.05, 0) is 64.4 Å². The van der Waals surface area contributed by atoms with Gasteiger partial charge in [0.25, 0.3) is 0 Å². The molecule has 1 saturated heterocycles. The molecule has 6 nitrogen and oxygen atoms in total. The summed E-state index contributed by atoms with van der Waals surface area (Å²) in [5, 5.41) is 7.21. The highest BCUT2D eigenvalue weighted by Crippen LogP contribution is 2.22. The Bertz CT molecular complexity index is 623. The van der Waals surface area contributed by atoms with E-state index in [0.29, 0.717) is 5.25 Å². The van der Waals surface area contributed by atoms with Crippen LogP contribution in [0.15, 0.2) is 40.2 Å². The van der Waals surface area contributed by atoms with Gasteiger partial charge in [0.05, 0.1) is 6.54 Å². The largest absolute Gasteiger partial charge is 0.369 e. The molecule has 1 aliphatic heterocycles. The molecule has 8 heteroatoms. The van der Waals surface area contributed by atoms with Gasteiger partial charge in [-0.15, -0.1) is 35.7 Å². The number of nitrogens with one attached hydrogen (secondary N) is 2. The van der Waals surface area contributed by atoms with Crippen LogP contribution in [0.25, 0.3) is 0 Å². The number of hydrogen-bond acceptors (Lipinski definition) is 4. The lowest BCUT2D eigenvalue weighted by atomic mass is 9.96. The van der Waals surface area contributed by atoms with E-state index in [-0.39, 0.29) is 35.8 Å². The van der Waals surface area contributed by atoms with Crippen LogP contribution >= 0.6 is 35.7 Å². The van der Waals surface area contributed by atoms with Crippen molar-refractivity contribution in [1.82, 2.24) is 15.5 Å². The maximum atomic E-state index is 11.2. The zero-order valence-electron chi connectivity index (χ0n) is 18.3. The Morgan fingerprint density at radius 3 is 2.57 bits per heavy atom. The number of thioether (sulfide) groups is 1. The van der Waals surface area contributed by atoms with Crippen LogP contribution < -0.4 is 16.4 Å². The Hall–Kier alpha value is -1.00. The molecule has 1 aromatic carbocycles. The number of nitrogens with two attached hydrogens (primary N) is 1. The van der Waals surface area contributed by atoms with E-state index in [1.54, 1.807) is 0 Å². The summed E-state index contributed by atoms with van der Waals surface area (Å²) in [7, 11) is 0. The number of guanidine groups is 1. The number of piperidine rings is 1. The number of primary amides is 1. The first kappa shape index (κ1) is 27.0. The number of halogens is 1. The van der Waals surface area contributed by atoms with Gasteiger partial charge in [0.2, 0.25) is 5.91 Å². The van der Waals surface area contributed by atoms with Crippen LogP contribution in [0.2, 0.25) is 0 Å². The standard InChI is InChI=1S/C22H37N5OS.HI/c1-3-24-22(26-17-18(2)29-20-9-5-4-6-10-20)25-13-7-8-14-27-15-11-19(12-16-27)21(23)28;/h4-6,9-10,18-19H,3,7-8,11-17H2,1-2H3,(H2,23,28)(H2,24,25,26);1H. The van der Waals surface area contributed by atoms with E-state index in [9.17, 15) is 4.79 Å². The number of nitrogens with zero attached hydrogens (tertiary/aromatic N) is 2. The molecule has 1 heterocycles. The number of likely N-dealkylation sites (tertiary alicyclic amines) is 1. The molecule has 1 aromatic rings. The van der Waals surface area contributed by atoms with Crippen molar-refractivity contribution >= 4 is 47.6 Å². The maximum Gasteiger partial charge on any atom is 0.220 e. The fourth-order valence-electron chi connectivity index (χ4n) is 3.44. The van der Waals surface area contributed by atoms with E-state index < -0.39 is 0 Å². The van der Waals surface area contributed by atoms with Crippen LogP contribution in [0.4, 0.5) is 0 Å².